The molecule has 0 aliphatic carbocycles. The topological polar surface area (TPSA) is 172 Å². The van der Waals surface area contributed by atoms with E-state index in [0.717, 1.165) is 78.4 Å². The first-order valence-electron chi connectivity index (χ1n) is 21.1. The van der Waals surface area contributed by atoms with Crippen molar-refractivity contribution < 1.29 is 18.9 Å². The maximum absolute atomic E-state index is 5.98. The van der Waals surface area contributed by atoms with Gasteiger partial charge in [0.2, 0.25) is 0 Å². The van der Waals surface area contributed by atoms with E-state index in [1.807, 2.05) is 164 Å². The highest BCUT2D eigenvalue weighted by Crippen LogP contribution is 2.22. The van der Waals surface area contributed by atoms with Gasteiger partial charge in [-0.05, 0) is 116 Å². The summed E-state index contributed by atoms with van der Waals surface area (Å²) in [5, 5.41) is 29.3. The fourth-order valence-electron chi connectivity index (χ4n) is 6.66. The van der Waals surface area contributed by atoms with Crippen LogP contribution in [0.2, 0.25) is 0 Å². The number of H-pyrrole nitrogens is 2. The van der Waals surface area contributed by atoms with E-state index in [4.69, 9.17) is 18.9 Å². The van der Waals surface area contributed by atoms with Crippen molar-refractivity contribution in [3.8, 4) is 23.0 Å². The first-order valence-corrected chi connectivity index (χ1v) is 21.1. The first-order chi connectivity index (χ1) is 32.6. The molecule has 4 heterocycles. The van der Waals surface area contributed by atoms with Crippen LogP contribution < -0.4 is 18.9 Å². The molecule has 0 unspecified atom stereocenters. The fourth-order valence-corrected chi connectivity index (χ4v) is 6.66. The first kappa shape index (κ1) is 42.3. The molecule has 324 valence electrons. The van der Waals surface area contributed by atoms with Crippen LogP contribution in [0.15, 0.2) is 170 Å². The Morgan fingerprint density at radius 2 is 0.788 bits per heavy atom. The summed E-state index contributed by atoms with van der Waals surface area (Å²) in [6.45, 7) is 1.41. The number of nitrogens with zero attached hydrogens (tertiary/aromatic N) is 8. The number of hydrogen-bond donors (Lipinski definition) is 2. The molecule has 0 radical (unpaired) electrons. The Morgan fingerprint density at radius 3 is 1.24 bits per heavy atom. The minimum atomic E-state index is 0.283. The van der Waals surface area contributed by atoms with Gasteiger partial charge < -0.3 is 18.9 Å². The molecule has 2 N–H and O–H groups in total. The molecule has 0 bridgehead atoms. The maximum Gasteiger partial charge on any atom is 0.186 e. The molecule has 0 spiro atoms. The fraction of sp³-hybridized carbons (Fsp3) is 0.0769. The summed E-state index contributed by atoms with van der Waals surface area (Å²) >= 11 is 0. The smallest absolute Gasteiger partial charge is 0.186 e. The summed E-state index contributed by atoms with van der Waals surface area (Å²) in [4.78, 5) is 9.33. The zero-order valence-corrected chi connectivity index (χ0v) is 35.5. The van der Waals surface area contributed by atoms with Crippen LogP contribution in [-0.4, -0.2) is 51.2 Å². The second-order valence-electron chi connectivity index (χ2n) is 14.8. The number of aromatic nitrogens is 10. The molecule has 0 fully saturated rings. The Morgan fingerprint density at radius 1 is 0.364 bits per heavy atom. The van der Waals surface area contributed by atoms with Crippen LogP contribution in [0.1, 0.15) is 45.3 Å². The van der Waals surface area contributed by atoms with Gasteiger partial charge in [-0.25, -0.2) is 20.2 Å². The van der Waals surface area contributed by atoms with E-state index in [1.54, 1.807) is 0 Å². The molecular weight excluding hydrogens is 829 g/mol. The molecule has 14 heteroatoms. The minimum absolute atomic E-state index is 0.283. The molecule has 0 saturated carbocycles. The lowest BCUT2D eigenvalue weighted by Crippen LogP contribution is -1.98. The predicted octanol–water partition coefficient (Wildman–Crippen LogP) is 10.2. The third-order valence-corrected chi connectivity index (χ3v) is 10.0. The van der Waals surface area contributed by atoms with Gasteiger partial charge in [0.15, 0.2) is 11.6 Å². The van der Waals surface area contributed by atoms with Crippen molar-refractivity contribution in [2.75, 3.05) is 0 Å². The normalized spacial score (nSPS) is 11.2. The lowest BCUT2D eigenvalue weighted by Gasteiger charge is -2.07. The Labute approximate surface area is 379 Å². The van der Waals surface area contributed by atoms with E-state index in [9.17, 15) is 0 Å². The van der Waals surface area contributed by atoms with Gasteiger partial charge >= 0.3 is 0 Å². The van der Waals surface area contributed by atoms with Crippen molar-refractivity contribution in [1.82, 2.24) is 51.2 Å². The molecule has 10 rings (SSSR count). The van der Waals surface area contributed by atoms with Crippen molar-refractivity contribution in [3.05, 3.63) is 215 Å². The summed E-state index contributed by atoms with van der Waals surface area (Å²) in [6.07, 6.45) is 8.18. The van der Waals surface area contributed by atoms with Crippen molar-refractivity contribution >= 4 is 46.1 Å². The predicted molar refractivity (Wildman–Crippen MR) is 253 cm³/mol. The molecule has 0 saturated heterocycles. The molecule has 0 aliphatic heterocycles. The third-order valence-electron chi connectivity index (χ3n) is 10.0. The number of rotatable bonds is 16. The lowest BCUT2D eigenvalue weighted by molar-refractivity contribution is 0.296. The summed E-state index contributed by atoms with van der Waals surface area (Å²) in [5.74, 6) is 4.25. The van der Waals surface area contributed by atoms with Gasteiger partial charge in [-0.2, -0.15) is 0 Å². The Hall–Kier alpha value is -9.04. The van der Waals surface area contributed by atoms with E-state index >= 15 is 0 Å². The highest BCUT2D eigenvalue weighted by molar-refractivity contribution is 5.79. The SMILES string of the molecule is C(=C\c1cccc(OCc2ccc3ccccc3n2)c1)/c1ccc(OCc2nnn[nH]2)cc1.C(=C\c1cccc(OCc2nnn[nH]2)c1)/c1cccc(OCc2ccc3ccccc3n2)c1. The summed E-state index contributed by atoms with van der Waals surface area (Å²) in [7, 11) is 0. The van der Waals surface area contributed by atoms with Gasteiger partial charge in [-0.15, -0.1) is 10.2 Å². The zero-order chi connectivity index (χ0) is 44.6. The largest absolute Gasteiger partial charge is 0.487 e. The maximum atomic E-state index is 5.98. The summed E-state index contributed by atoms with van der Waals surface area (Å²) in [6, 6.07) is 55.9. The van der Waals surface area contributed by atoms with E-state index in [0.29, 0.717) is 31.5 Å². The highest BCUT2D eigenvalue weighted by Gasteiger charge is 2.05. The molecule has 0 amide bonds. The Kier molecular flexibility index (Phi) is 13.7. The van der Waals surface area contributed by atoms with Crippen LogP contribution in [0, 0.1) is 0 Å². The second kappa shape index (κ2) is 21.4. The number of para-hydroxylation sites is 2. The molecule has 14 nitrogen and oxygen atoms in total. The number of ether oxygens (including phenoxy) is 4. The molecule has 66 heavy (non-hydrogen) atoms. The third kappa shape index (κ3) is 12.1. The molecule has 10 aromatic rings. The van der Waals surface area contributed by atoms with Gasteiger partial charge in [-0.3, -0.25) is 0 Å². The second-order valence-corrected chi connectivity index (χ2v) is 14.8. The van der Waals surface area contributed by atoms with Crippen LogP contribution >= 0.6 is 0 Å². The van der Waals surface area contributed by atoms with Gasteiger partial charge in [0.25, 0.3) is 0 Å². The zero-order valence-electron chi connectivity index (χ0n) is 35.5. The van der Waals surface area contributed by atoms with E-state index in [-0.39, 0.29) is 6.61 Å². The molecule has 0 aliphatic rings. The lowest BCUT2D eigenvalue weighted by atomic mass is 10.1. The number of pyridine rings is 2. The molecule has 4 aromatic heterocycles. The van der Waals surface area contributed by atoms with Gasteiger partial charge in [0.1, 0.15) is 49.4 Å². The van der Waals surface area contributed by atoms with Crippen molar-refractivity contribution in [1.29, 1.82) is 0 Å². The highest BCUT2D eigenvalue weighted by atomic mass is 16.5. The van der Waals surface area contributed by atoms with Gasteiger partial charge in [-0.1, -0.05) is 121 Å². The van der Waals surface area contributed by atoms with Crippen molar-refractivity contribution in [2.24, 2.45) is 0 Å². The van der Waals surface area contributed by atoms with Crippen LogP contribution in [0.25, 0.3) is 46.1 Å². The molecule has 6 aromatic carbocycles. The van der Waals surface area contributed by atoms with Crippen LogP contribution in [0.4, 0.5) is 0 Å². The average molecular weight is 871 g/mol. The van der Waals surface area contributed by atoms with Crippen LogP contribution in [0.3, 0.4) is 0 Å². The summed E-state index contributed by atoms with van der Waals surface area (Å²) < 4.78 is 23.3. The van der Waals surface area contributed by atoms with Crippen molar-refractivity contribution in [3.63, 3.8) is 0 Å². The molecular formula is C52H42N10O4. The summed E-state index contributed by atoms with van der Waals surface area (Å²) in [5.41, 5.74) is 7.92. The van der Waals surface area contributed by atoms with E-state index < -0.39 is 0 Å². The van der Waals surface area contributed by atoms with Gasteiger partial charge in [0, 0.05) is 10.8 Å². The van der Waals surface area contributed by atoms with Crippen LogP contribution in [-0.2, 0) is 26.4 Å². The van der Waals surface area contributed by atoms with Gasteiger partial charge in [0.05, 0.1) is 22.4 Å². The molecule has 0 atom stereocenters. The van der Waals surface area contributed by atoms with E-state index in [1.165, 1.54) is 0 Å². The Balaban J connectivity index is 0.000000166. The number of hydrogen-bond acceptors (Lipinski definition) is 12. The number of tetrazole rings is 2. The average Bonchev–Trinajstić information content (AvgIpc) is 4.12. The number of fused-ring (bicyclic) bond motifs is 2. The monoisotopic (exact) mass is 870 g/mol. The standard InChI is InChI=1S/2C26H21N5O2/c1-2-10-25-21(7-1)13-14-22(27-25)17-32-23-8-3-5-19(15-23)11-12-20-6-4-9-24(16-20)33-18-26-28-30-31-29-26;1-2-7-25-21(5-1)12-13-22(27-25)17-32-24-6-3-4-20(16-24)9-8-19-10-14-23(15-11-19)33-18-26-28-30-31-29-26/h2*1-16H,17-18H2,(H,28,29,30,31)/b12-11+;9-8+. The minimum Gasteiger partial charge on any atom is -0.487 e. The van der Waals surface area contributed by atoms with E-state index in [2.05, 4.69) is 81.6 Å². The van der Waals surface area contributed by atoms with Crippen molar-refractivity contribution in [2.45, 2.75) is 26.4 Å². The number of aromatic amines is 2. The number of benzene rings is 6. The van der Waals surface area contributed by atoms with Crippen LogP contribution in [0.5, 0.6) is 23.0 Å². The Bertz CT molecular complexity index is 3180. The quantitative estimate of drug-likeness (QED) is 0.0882. The number of nitrogens with one attached hydrogen (secondary N) is 2.